The summed E-state index contributed by atoms with van der Waals surface area (Å²) in [6.07, 6.45) is 4.96. The van der Waals surface area contributed by atoms with Gasteiger partial charge in [-0.05, 0) is 43.2 Å². The zero-order chi connectivity index (χ0) is 14.9. The lowest BCUT2D eigenvalue weighted by atomic mass is 9.75. The van der Waals surface area contributed by atoms with Gasteiger partial charge in [-0.25, -0.2) is 4.98 Å². The number of benzene rings is 1. The van der Waals surface area contributed by atoms with Gasteiger partial charge in [0, 0.05) is 18.5 Å². The maximum atomic E-state index is 4.62. The lowest BCUT2D eigenvalue weighted by Gasteiger charge is -2.35. The van der Waals surface area contributed by atoms with Gasteiger partial charge in [0.15, 0.2) is 0 Å². The molecule has 1 heterocycles. The van der Waals surface area contributed by atoms with E-state index in [1.807, 2.05) is 25.2 Å². The van der Waals surface area contributed by atoms with Gasteiger partial charge >= 0.3 is 0 Å². The number of nitrogens with one attached hydrogen (secondary N) is 2. The Labute approximate surface area is 126 Å². The van der Waals surface area contributed by atoms with Crippen molar-refractivity contribution in [1.82, 2.24) is 9.97 Å². The number of nitrogens with zero attached hydrogens (tertiary/aromatic N) is 2. The Morgan fingerprint density at radius 2 is 1.81 bits per heavy atom. The molecule has 0 aliphatic heterocycles. The number of rotatable bonds is 3. The van der Waals surface area contributed by atoms with Crippen LogP contribution < -0.4 is 10.6 Å². The lowest BCUT2D eigenvalue weighted by molar-refractivity contribution is 0.232. The van der Waals surface area contributed by atoms with Crippen molar-refractivity contribution in [2.24, 2.45) is 5.41 Å². The molecule has 4 nitrogen and oxygen atoms in total. The van der Waals surface area contributed by atoms with Crippen LogP contribution in [-0.4, -0.2) is 23.1 Å². The molecule has 0 spiro atoms. The number of anilines is 2. The van der Waals surface area contributed by atoms with Crippen molar-refractivity contribution in [3.05, 3.63) is 24.3 Å². The van der Waals surface area contributed by atoms with Gasteiger partial charge < -0.3 is 10.6 Å². The number of hydrogen-bond acceptors (Lipinski definition) is 4. The smallest absolute Gasteiger partial charge is 0.224 e. The predicted octanol–water partition coefficient (Wildman–Crippen LogP) is 4.05. The highest BCUT2D eigenvalue weighted by Gasteiger charge is 2.27. The van der Waals surface area contributed by atoms with Crippen LogP contribution in [0.4, 0.5) is 11.8 Å². The normalized spacial score (nSPS) is 18.6. The highest BCUT2D eigenvalue weighted by Crippen LogP contribution is 2.36. The van der Waals surface area contributed by atoms with Crippen molar-refractivity contribution in [3.63, 3.8) is 0 Å². The summed E-state index contributed by atoms with van der Waals surface area (Å²) in [6.45, 7) is 4.73. The van der Waals surface area contributed by atoms with Crippen molar-refractivity contribution in [3.8, 4) is 0 Å². The minimum absolute atomic E-state index is 0.488. The molecular formula is C17H24N4. The molecule has 112 valence electrons. The SMILES string of the molecule is CNc1nc(NC2CCC(C)(C)CC2)c2ccccc2n1. The fraction of sp³-hybridized carbons (Fsp3) is 0.529. The quantitative estimate of drug-likeness (QED) is 0.892. The molecule has 1 saturated carbocycles. The third-order valence-corrected chi connectivity index (χ3v) is 4.51. The molecule has 1 aromatic heterocycles. The van der Waals surface area contributed by atoms with E-state index in [0.29, 0.717) is 17.4 Å². The number of hydrogen-bond donors (Lipinski definition) is 2. The maximum Gasteiger partial charge on any atom is 0.224 e. The number of fused-ring (bicyclic) bond motifs is 1. The summed E-state index contributed by atoms with van der Waals surface area (Å²) in [4.78, 5) is 9.12. The molecule has 1 fully saturated rings. The summed E-state index contributed by atoms with van der Waals surface area (Å²) >= 11 is 0. The van der Waals surface area contributed by atoms with E-state index < -0.39 is 0 Å². The second-order valence-electron chi connectivity index (χ2n) is 6.75. The summed E-state index contributed by atoms with van der Waals surface area (Å²) < 4.78 is 0. The van der Waals surface area contributed by atoms with Gasteiger partial charge in [-0.3, -0.25) is 0 Å². The first kappa shape index (κ1) is 14.1. The zero-order valence-electron chi connectivity index (χ0n) is 13.1. The van der Waals surface area contributed by atoms with E-state index in [-0.39, 0.29) is 0 Å². The second kappa shape index (κ2) is 5.51. The summed E-state index contributed by atoms with van der Waals surface area (Å²) in [5, 5.41) is 7.79. The van der Waals surface area contributed by atoms with Gasteiger partial charge in [-0.2, -0.15) is 4.98 Å². The topological polar surface area (TPSA) is 49.8 Å². The fourth-order valence-corrected chi connectivity index (χ4v) is 3.04. The molecule has 2 N–H and O–H groups in total. The molecule has 0 radical (unpaired) electrons. The van der Waals surface area contributed by atoms with E-state index in [4.69, 9.17) is 0 Å². The van der Waals surface area contributed by atoms with Crippen molar-refractivity contribution in [2.75, 3.05) is 17.7 Å². The van der Waals surface area contributed by atoms with Crippen LogP contribution in [0.1, 0.15) is 39.5 Å². The molecule has 3 rings (SSSR count). The maximum absolute atomic E-state index is 4.62. The van der Waals surface area contributed by atoms with E-state index in [9.17, 15) is 0 Å². The van der Waals surface area contributed by atoms with Gasteiger partial charge in [0.1, 0.15) is 5.82 Å². The van der Waals surface area contributed by atoms with Crippen LogP contribution in [-0.2, 0) is 0 Å². The third kappa shape index (κ3) is 3.09. The molecule has 0 saturated heterocycles. The highest BCUT2D eigenvalue weighted by atomic mass is 15.1. The van der Waals surface area contributed by atoms with Crippen LogP contribution >= 0.6 is 0 Å². The van der Waals surface area contributed by atoms with E-state index >= 15 is 0 Å². The van der Waals surface area contributed by atoms with E-state index in [1.54, 1.807) is 0 Å². The second-order valence-corrected chi connectivity index (χ2v) is 6.75. The number of aromatic nitrogens is 2. The molecule has 0 bridgehead atoms. The van der Waals surface area contributed by atoms with Crippen molar-refractivity contribution >= 4 is 22.7 Å². The summed E-state index contributed by atoms with van der Waals surface area (Å²) in [6, 6.07) is 8.69. The Kier molecular flexibility index (Phi) is 3.70. The van der Waals surface area contributed by atoms with Crippen molar-refractivity contribution < 1.29 is 0 Å². The first-order valence-corrected chi connectivity index (χ1v) is 7.78. The van der Waals surface area contributed by atoms with Crippen LogP contribution in [0.15, 0.2) is 24.3 Å². The van der Waals surface area contributed by atoms with Gasteiger partial charge in [0.05, 0.1) is 5.52 Å². The van der Waals surface area contributed by atoms with Crippen molar-refractivity contribution in [2.45, 2.75) is 45.6 Å². The molecule has 0 unspecified atom stereocenters. The van der Waals surface area contributed by atoms with Crippen LogP contribution in [0.2, 0.25) is 0 Å². The average molecular weight is 284 g/mol. The summed E-state index contributed by atoms with van der Waals surface area (Å²) in [5.74, 6) is 1.63. The molecule has 4 heteroatoms. The molecule has 1 aliphatic carbocycles. The Morgan fingerprint density at radius 1 is 1.10 bits per heavy atom. The lowest BCUT2D eigenvalue weighted by Crippen LogP contribution is -2.30. The molecular weight excluding hydrogens is 260 g/mol. The molecule has 2 aromatic rings. The average Bonchev–Trinajstić information content (AvgIpc) is 2.49. The standard InChI is InChI=1S/C17H24N4/c1-17(2)10-8-12(9-11-17)19-15-13-6-4-5-7-14(13)20-16(18-3)21-15/h4-7,12H,8-11H2,1-3H3,(H2,18,19,20,21). The third-order valence-electron chi connectivity index (χ3n) is 4.51. The van der Waals surface area contributed by atoms with Crippen LogP contribution in [0.25, 0.3) is 10.9 Å². The molecule has 1 aromatic carbocycles. The monoisotopic (exact) mass is 284 g/mol. The van der Waals surface area contributed by atoms with Gasteiger partial charge in [0.25, 0.3) is 0 Å². The van der Waals surface area contributed by atoms with E-state index in [1.165, 1.54) is 25.7 Å². The minimum atomic E-state index is 0.488. The Balaban J connectivity index is 1.86. The first-order valence-electron chi connectivity index (χ1n) is 7.78. The largest absolute Gasteiger partial charge is 0.367 e. The van der Waals surface area contributed by atoms with Crippen LogP contribution in [0.3, 0.4) is 0 Å². The zero-order valence-corrected chi connectivity index (χ0v) is 13.1. The van der Waals surface area contributed by atoms with Crippen LogP contribution in [0, 0.1) is 5.41 Å². The molecule has 0 amide bonds. The number of para-hydroxylation sites is 1. The van der Waals surface area contributed by atoms with Gasteiger partial charge in [-0.1, -0.05) is 26.0 Å². The molecule has 0 atom stereocenters. The van der Waals surface area contributed by atoms with Crippen LogP contribution in [0.5, 0.6) is 0 Å². The Bertz CT molecular complexity index is 626. The van der Waals surface area contributed by atoms with E-state index in [2.05, 4.69) is 40.5 Å². The minimum Gasteiger partial charge on any atom is -0.367 e. The highest BCUT2D eigenvalue weighted by molar-refractivity contribution is 5.90. The van der Waals surface area contributed by atoms with E-state index in [0.717, 1.165) is 16.7 Å². The Morgan fingerprint density at radius 3 is 2.52 bits per heavy atom. The summed E-state index contributed by atoms with van der Waals surface area (Å²) in [5.41, 5.74) is 1.47. The predicted molar refractivity (Wildman–Crippen MR) is 88.7 cm³/mol. The summed E-state index contributed by atoms with van der Waals surface area (Å²) in [7, 11) is 1.86. The molecule has 1 aliphatic rings. The first-order chi connectivity index (χ1) is 10.1. The van der Waals surface area contributed by atoms with Gasteiger partial charge in [-0.15, -0.1) is 0 Å². The molecule has 21 heavy (non-hydrogen) atoms. The van der Waals surface area contributed by atoms with Crippen molar-refractivity contribution in [1.29, 1.82) is 0 Å². The Hall–Kier alpha value is -1.84. The van der Waals surface area contributed by atoms with Gasteiger partial charge in [0.2, 0.25) is 5.95 Å². The fourth-order valence-electron chi connectivity index (χ4n) is 3.04.